The molecule has 3 N–H and O–H groups in total. The molecule has 1 aliphatic heterocycles. The van der Waals surface area contributed by atoms with Gasteiger partial charge >= 0.3 is 12.0 Å². The molecule has 1 heterocycles. The molecule has 0 aromatic carbocycles. The number of amides is 2. The van der Waals surface area contributed by atoms with E-state index in [2.05, 4.69) is 10.6 Å². The molecule has 1 fully saturated rings. The molecule has 1 aliphatic rings. The summed E-state index contributed by atoms with van der Waals surface area (Å²) < 4.78 is 5.11. The third kappa shape index (κ3) is 3.69. The van der Waals surface area contributed by atoms with Crippen LogP contribution >= 0.6 is 0 Å². The highest BCUT2D eigenvalue weighted by Gasteiger charge is 2.23. The van der Waals surface area contributed by atoms with Crippen molar-refractivity contribution in [3.63, 3.8) is 0 Å². The van der Waals surface area contributed by atoms with Crippen molar-refractivity contribution < 1.29 is 19.4 Å². The SMILES string of the molecule is CC(NC(=O)NC1CCOC1)C(C)C(=O)O. The van der Waals surface area contributed by atoms with Crippen molar-refractivity contribution >= 4 is 12.0 Å². The zero-order valence-electron chi connectivity index (χ0n) is 9.53. The second kappa shape index (κ2) is 5.69. The number of carboxylic acid groups (broad SMARTS) is 1. The molecule has 16 heavy (non-hydrogen) atoms. The Labute approximate surface area is 94.3 Å². The highest BCUT2D eigenvalue weighted by atomic mass is 16.5. The quantitative estimate of drug-likeness (QED) is 0.643. The number of carboxylic acids is 1. The second-order valence-corrected chi connectivity index (χ2v) is 4.09. The van der Waals surface area contributed by atoms with Gasteiger partial charge in [-0.2, -0.15) is 0 Å². The first-order valence-electron chi connectivity index (χ1n) is 5.38. The normalized spacial score (nSPS) is 23.5. The largest absolute Gasteiger partial charge is 0.481 e. The number of aliphatic carboxylic acids is 1. The smallest absolute Gasteiger partial charge is 0.315 e. The van der Waals surface area contributed by atoms with Crippen LogP contribution in [-0.4, -0.2) is 42.4 Å². The summed E-state index contributed by atoms with van der Waals surface area (Å²) in [5.41, 5.74) is 0. The third-order valence-electron chi connectivity index (χ3n) is 2.76. The van der Waals surface area contributed by atoms with Crippen molar-refractivity contribution in [3.8, 4) is 0 Å². The van der Waals surface area contributed by atoms with E-state index in [9.17, 15) is 9.59 Å². The van der Waals surface area contributed by atoms with Gasteiger partial charge in [-0.25, -0.2) is 4.79 Å². The van der Waals surface area contributed by atoms with Gasteiger partial charge in [0.15, 0.2) is 0 Å². The van der Waals surface area contributed by atoms with Gasteiger partial charge in [-0.15, -0.1) is 0 Å². The average Bonchev–Trinajstić information content (AvgIpc) is 2.68. The molecule has 6 heteroatoms. The Morgan fingerprint density at radius 2 is 2.12 bits per heavy atom. The fraction of sp³-hybridized carbons (Fsp3) is 0.800. The van der Waals surface area contributed by atoms with Gasteiger partial charge < -0.3 is 20.5 Å². The molecule has 1 rings (SSSR count). The van der Waals surface area contributed by atoms with Crippen LogP contribution in [0.25, 0.3) is 0 Å². The number of ether oxygens (including phenoxy) is 1. The van der Waals surface area contributed by atoms with Crippen LogP contribution in [0.4, 0.5) is 4.79 Å². The van der Waals surface area contributed by atoms with Gasteiger partial charge in [0.25, 0.3) is 0 Å². The average molecular weight is 230 g/mol. The lowest BCUT2D eigenvalue weighted by Gasteiger charge is -2.19. The predicted molar refractivity (Wildman–Crippen MR) is 57.2 cm³/mol. The Balaban J connectivity index is 2.29. The number of nitrogens with one attached hydrogen (secondary N) is 2. The minimum atomic E-state index is -0.919. The molecule has 3 atom stereocenters. The fourth-order valence-electron chi connectivity index (χ4n) is 1.42. The molecule has 0 saturated carbocycles. The van der Waals surface area contributed by atoms with Crippen LogP contribution in [0.3, 0.4) is 0 Å². The molecular formula is C10H18N2O4. The predicted octanol–water partition coefficient (Wildman–Crippen LogP) is 0.184. The van der Waals surface area contributed by atoms with Crippen LogP contribution in [0.5, 0.6) is 0 Å². The van der Waals surface area contributed by atoms with Gasteiger partial charge in [-0.3, -0.25) is 4.79 Å². The molecule has 1 saturated heterocycles. The van der Waals surface area contributed by atoms with E-state index in [1.165, 1.54) is 0 Å². The van der Waals surface area contributed by atoms with E-state index in [1.54, 1.807) is 13.8 Å². The third-order valence-corrected chi connectivity index (χ3v) is 2.76. The van der Waals surface area contributed by atoms with E-state index in [-0.39, 0.29) is 12.1 Å². The van der Waals surface area contributed by atoms with Gasteiger partial charge in [-0.05, 0) is 20.3 Å². The van der Waals surface area contributed by atoms with Crippen molar-refractivity contribution in [2.45, 2.75) is 32.4 Å². The number of hydrogen-bond acceptors (Lipinski definition) is 3. The Morgan fingerprint density at radius 3 is 2.62 bits per heavy atom. The molecule has 0 bridgehead atoms. The lowest BCUT2D eigenvalue weighted by Crippen LogP contribution is -2.48. The molecule has 0 aliphatic carbocycles. The fourth-order valence-corrected chi connectivity index (χ4v) is 1.42. The maximum absolute atomic E-state index is 11.5. The Kier molecular flexibility index (Phi) is 4.54. The lowest BCUT2D eigenvalue weighted by molar-refractivity contribution is -0.141. The van der Waals surface area contributed by atoms with Gasteiger partial charge in [-0.1, -0.05) is 0 Å². The zero-order chi connectivity index (χ0) is 12.1. The maximum atomic E-state index is 11.5. The van der Waals surface area contributed by atoms with Gasteiger partial charge in [0.1, 0.15) is 0 Å². The van der Waals surface area contributed by atoms with Crippen LogP contribution in [0, 0.1) is 5.92 Å². The maximum Gasteiger partial charge on any atom is 0.315 e. The van der Waals surface area contributed by atoms with Crippen molar-refractivity contribution in [1.82, 2.24) is 10.6 Å². The van der Waals surface area contributed by atoms with E-state index in [4.69, 9.17) is 9.84 Å². The molecule has 0 spiro atoms. The molecule has 2 amide bonds. The summed E-state index contributed by atoms with van der Waals surface area (Å²) in [5, 5.41) is 14.1. The van der Waals surface area contributed by atoms with E-state index < -0.39 is 17.9 Å². The molecule has 0 radical (unpaired) electrons. The van der Waals surface area contributed by atoms with Crippen LogP contribution in [0.1, 0.15) is 20.3 Å². The summed E-state index contributed by atoms with van der Waals surface area (Å²) >= 11 is 0. The first kappa shape index (κ1) is 12.8. The highest BCUT2D eigenvalue weighted by molar-refractivity contribution is 5.76. The minimum Gasteiger partial charge on any atom is -0.481 e. The van der Waals surface area contributed by atoms with Crippen molar-refractivity contribution in [2.75, 3.05) is 13.2 Å². The Bertz CT molecular complexity index is 264. The molecule has 0 aromatic heterocycles. The van der Waals surface area contributed by atoms with Crippen LogP contribution < -0.4 is 10.6 Å². The summed E-state index contributed by atoms with van der Waals surface area (Å²) in [6.45, 7) is 4.41. The van der Waals surface area contributed by atoms with E-state index in [0.717, 1.165) is 6.42 Å². The lowest BCUT2D eigenvalue weighted by atomic mass is 10.0. The summed E-state index contributed by atoms with van der Waals surface area (Å²) in [6.07, 6.45) is 0.802. The van der Waals surface area contributed by atoms with E-state index >= 15 is 0 Å². The van der Waals surface area contributed by atoms with Gasteiger partial charge in [0, 0.05) is 12.6 Å². The summed E-state index contributed by atoms with van der Waals surface area (Å²) in [7, 11) is 0. The number of hydrogen-bond donors (Lipinski definition) is 3. The molecule has 3 unspecified atom stereocenters. The molecule has 92 valence electrons. The first-order chi connectivity index (χ1) is 7.50. The summed E-state index contributed by atoms with van der Waals surface area (Å²) in [5.74, 6) is -1.53. The number of rotatable bonds is 4. The number of carbonyl (C=O) groups is 2. The number of carbonyl (C=O) groups excluding carboxylic acids is 1. The molecular weight excluding hydrogens is 212 g/mol. The standard InChI is InChI=1S/C10H18N2O4/c1-6(9(13)14)7(2)11-10(15)12-8-3-4-16-5-8/h6-8H,3-5H2,1-2H3,(H,13,14)(H2,11,12,15). The Hall–Kier alpha value is -1.30. The van der Waals surface area contributed by atoms with Gasteiger partial charge in [0.05, 0.1) is 18.6 Å². The van der Waals surface area contributed by atoms with Crippen LogP contribution in [0.15, 0.2) is 0 Å². The molecule has 6 nitrogen and oxygen atoms in total. The van der Waals surface area contributed by atoms with Crippen LogP contribution in [0.2, 0.25) is 0 Å². The second-order valence-electron chi connectivity index (χ2n) is 4.09. The zero-order valence-corrected chi connectivity index (χ0v) is 9.53. The van der Waals surface area contributed by atoms with Crippen molar-refractivity contribution in [2.24, 2.45) is 5.92 Å². The number of urea groups is 1. The van der Waals surface area contributed by atoms with E-state index in [0.29, 0.717) is 13.2 Å². The Morgan fingerprint density at radius 1 is 1.44 bits per heavy atom. The van der Waals surface area contributed by atoms with E-state index in [1.807, 2.05) is 0 Å². The van der Waals surface area contributed by atoms with Crippen LogP contribution in [-0.2, 0) is 9.53 Å². The monoisotopic (exact) mass is 230 g/mol. The minimum absolute atomic E-state index is 0.0346. The first-order valence-corrected chi connectivity index (χ1v) is 5.38. The topological polar surface area (TPSA) is 87.7 Å². The highest BCUT2D eigenvalue weighted by Crippen LogP contribution is 2.04. The summed E-state index contributed by atoms with van der Waals surface area (Å²) in [6, 6.07) is -0.705. The van der Waals surface area contributed by atoms with Crippen molar-refractivity contribution in [3.05, 3.63) is 0 Å². The van der Waals surface area contributed by atoms with Gasteiger partial charge in [0.2, 0.25) is 0 Å². The summed E-state index contributed by atoms with van der Waals surface area (Å²) in [4.78, 5) is 22.1. The van der Waals surface area contributed by atoms with Crippen molar-refractivity contribution in [1.29, 1.82) is 0 Å². The molecule has 0 aromatic rings.